The molecule has 1 atom stereocenters. The summed E-state index contributed by atoms with van der Waals surface area (Å²) in [6.07, 6.45) is 1.74. The number of methoxy groups -OCH3 is 1. The zero-order valence-corrected chi connectivity index (χ0v) is 12.1. The van der Waals surface area contributed by atoms with E-state index in [0.717, 1.165) is 24.5 Å². The summed E-state index contributed by atoms with van der Waals surface area (Å²) in [6, 6.07) is 6.27. The van der Waals surface area contributed by atoms with Crippen LogP contribution in [0.4, 0.5) is 0 Å². The highest BCUT2D eigenvalue weighted by atomic mass is 16.5. The first kappa shape index (κ1) is 15.8. The molecule has 0 bridgehead atoms. The molecule has 0 spiro atoms. The van der Waals surface area contributed by atoms with Crippen molar-refractivity contribution in [2.45, 2.75) is 32.7 Å². The molecular formula is C15H25NO3. The van der Waals surface area contributed by atoms with Crippen molar-refractivity contribution in [3.63, 3.8) is 0 Å². The number of rotatable bonds is 9. The number of ether oxygens (including phenoxy) is 2. The van der Waals surface area contributed by atoms with Gasteiger partial charge in [0, 0.05) is 19.1 Å². The van der Waals surface area contributed by atoms with E-state index in [4.69, 9.17) is 14.6 Å². The van der Waals surface area contributed by atoms with E-state index in [2.05, 4.69) is 19.2 Å². The molecule has 0 fully saturated rings. The van der Waals surface area contributed by atoms with Gasteiger partial charge in [0.05, 0.1) is 13.7 Å². The summed E-state index contributed by atoms with van der Waals surface area (Å²) < 4.78 is 10.9. The first-order valence-electron chi connectivity index (χ1n) is 6.87. The molecule has 1 aromatic rings. The SMILES string of the molecule is CCCNC(C)c1ccc(OCCCO)c(OC)c1. The van der Waals surface area contributed by atoms with Crippen LogP contribution in [-0.2, 0) is 0 Å². The zero-order chi connectivity index (χ0) is 14.1. The lowest BCUT2D eigenvalue weighted by atomic mass is 10.1. The maximum atomic E-state index is 8.75. The zero-order valence-electron chi connectivity index (χ0n) is 12.1. The van der Waals surface area contributed by atoms with E-state index in [0.29, 0.717) is 19.1 Å². The first-order chi connectivity index (χ1) is 9.22. The van der Waals surface area contributed by atoms with Gasteiger partial charge in [0.1, 0.15) is 0 Å². The second kappa shape index (κ2) is 8.77. The van der Waals surface area contributed by atoms with Crippen LogP contribution in [0.3, 0.4) is 0 Å². The monoisotopic (exact) mass is 267 g/mol. The Balaban J connectivity index is 2.71. The molecule has 0 aliphatic carbocycles. The highest BCUT2D eigenvalue weighted by Gasteiger charge is 2.10. The standard InChI is InChI=1S/C15H25NO3/c1-4-8-16-12(2)13-6-7-14(15(11-13)18-3)19-10-5-9-17/h6-7,11-12,16-17H,4-5,8-10H2,1-3H3. The van der Waals surface area contributed by atoms with Crippen molar-refractivity contribution >= 4 is 0 Å². The molecule has 0 saturated heterocycles. The lowest BCUT2D eigenvalue weighted by Crippen LogP contribution is -2.19. The molecule has 1 unspecified atom stereocenters. The van der Waals surface area contributed by atoms with Gasteiger partial charge in [0.25, 0.3) is 0 Å². The number of benzene rings is 1. The highest BCUT2D eigenvalue weighted by Crippen LogP contribution is 2.30. The Bertz CT molecular complexity index is 368. The lowest BCUT2D eigenvalue weighted by Gasteiger charge is -2.16. The molecule has 0 amide bonds. The summed E-state index contributed by atoms with van der Waals surface area (Å²) in [6.45, 7) is 5.92. The average Bonchev–Trinajstić information content (AvgIpc) is 2.45. The highest BCUT2D eigenvalue weighted by molar-refractivity contribution is 5.43. The molecule has 0 saturated carbocycles. The third-order valence-corrected chi connectivity index (χ3v) is 2.95. The molecule has 4 heteroatoms. The molecule has 0 radical (unpaired) electrons. The van der Waals surface area contributed by atoms with Crippen LogP contribution >= 0.6 is 0 Å². The Kier molecular flexibility index (Phi) is 7.30. The van der Waals surface area contributed by atoms with Crippen LogP contribution in [-0.4, -0.2) is 32.0 Å². The molecule has 0 aromatic heterocycles. The van der Waals surface area contributed by atoms with Crippen molar-refractivity contribution in [2.75, 3.05) is 26.9 Å². The summed E-state index contributed by atoms with van der Waals surface area (Å²) in [4.78, 5) is 0. The summed E-state index contributed by atoms with van der Waals surface area (Å²) in [5, 5.41) is 12.2. The quantitative estimate of drug-likeness (QED) is 0.675. The minimum Gasteiger partial charge on any atom is -0.493 e. The molecule has 0 heterocycles. The fraction of sp³-hybridized carbons (Fsp3) is 0.600. The largest absolute Gasteiger partial charge is 0.493 e. The molecule has 19 heavy (non-hydrogen) atoms. The van der Waals surface area contributed by atoms with E-state index in [1.807, 2.05) is 18.2 Å². The van der Waals surface area contributed by atoms with Gasteiger partial charge >= 0.3 is 0 Å². The molecule has 0 aliphatic heterocycles. The van der Waals surface area contributed by atoms with Crippen molar-refractivity contribution in [3.8, 4) is 11.5 Å². The average molecular weight is 267 g/mol. The van der Waals surface area contributed by atoms with Crippen molar-refractivity contribution in [1.29, 1.82) is 0 Å². The van der Waals surface area contributed by atoms with Crippen molar-refractivity contribution in [2.24, 2.45) is 0 Å². The van der Waals surface area contributed by atoms with Crippen LogP contribution in [0.25, 0.3) is 0 Å². The summed E-state index contributed by atoms with van der Waals surface area (Å²) in [7, 11) is 1.64. The van der Waals surface area contributed by atoms with E-state index in [-0.39, 0.29) is 6.61 Å². The van der Waals surface area contributed by atoms with Gasteiger partial charge < -0.3 is 19.9 Å². The fourth-order valence-electron chi connectivity index (χ4n) is 1.80. The third-order valence-electron chi connectivity index (χ3n) is 2.95. The number of aliphatic hydroxyl groups is 1. The fourth-order valence-corrected chi connectivity index (χ4v) is 1.80. The first-order valence-corrected chi connectivity index (χ1v) is 6.87. The molecule has 4 nitrogen and oxygen atoms in total. The minimum absolute atomic E-state index is 0.137. The third kappa shape index (κ3) is 5.09. The predicted octanol–water partition coefficient (Wildman–Crippen LogP) is 2.52. The van der Waals surface area contributed by atoms with Crippen LogP contribution in [0, 0.1) is 0 Å². The Morgan fingerprint density at radius 2 is 2.11 bits per heavy atom. The van der Waals surface area contributed by atoms with Crippen LogP contribution in [0.5, 0.6) is 11.5 Å². The Hall–Kier alpha value is -1.26. The minimum atomic E-state index is 0.137. The van der Waals surface area contributed by atoms with Gasteiger partial charge in [-0.1, -0.05) is 13.0 Å². The predicted molar refractivity (Wildman–Crippen MR) is 76.9 cm³/mol. The summed E-state index contributed by atoms with van der Waals surface area (Å²) in [5.74, 6) is 1.46. The van der Waals surface area contributed by atoms with Crippen molar-refractivity contribution < 1.29 is 14.6 Å². The second-order valence-corrected chi connectivity index (χ2v) is 4.51. The molecule has 2 N–H and O–H groups in total. The van der Waals surface area contributed by atoms with E-state index < -0.39 is 0 Å². The number of hydrogen-bond acceptors (Lipinski definition) is 4. The Morgan fingerprint density at radius 1 is 1.32 bits per heavy atom. The van der Waals surface area contributed by atoms with Crippen LogP contribution in [0.1, 0.15) is 38.3 Å². The van der Waals surface area contributed by atoms with Gasteiger partial charge in [-0.2, -0.15) is 0 Å². The summed E-state index contributed by atoms with van der Waals surface area (Å²) in [5.41, 5.74) is 1.18. The van der Waals surface area contributed by atoms with E-state index in [1.165, 1.54) is 5.56 Å². The molecule has 0 aliphatic rings. The maximum Gasteiger partial charge on any atom is 0.161 e. The Morgan fingerprint density at radius 3 is 2.74 bits per heavy atom. The normalized spacial score (nSPS) is 12.2. The molecule has 1 rings (SSSR count). The van der Waals surface area contributed by atoms with Crippen LogP contribution in [0.15, 0.2) is 18.2 Å². The van der Waals surface area contributed by atoms with Crippen molar-refractivity contribution in [1.82, 2.24) is 5.32 Å². The summed E-state index contributed by atoms with van der Waals surface area (Å²) >= 11 is 0. The topological polar surface area (TPSA) is 50.7 Å². The van der Waals surface area contributed by atoms with Gasteiger partial charge in [0.2, 0.25) is 0 Å². The van der Waals surface area contributed by atoms with Gasteiger partial charge in [-0.25, -0.2) is 0 Å². The smallest absolute Gasteiger partial charge is 0.161 e. The number of hydrogen-bond donors (Lipinski definition) is 2. The Labute approximate surface area is 115 Å². The van der Waals surface area contributed by atoms with Gasteiger partial charge in [-0.05, 0) is 37.6 Å². The van der Waals surface area contributed by atoms with Crippen LogP contribution < -0.4 is 14.8 Å². The van der Waals surface area contributed by atoms with Crippen LogP contribution in [0.2, 0.25) is 0 Å². The van der Waals surface area contributed by atoms with Crippen molar-refractivity contribution in [3.05, 3.63) is 23.8 Å². The lowest BCUT2D eigenvalue weighted by molar-refractivity contribution is 0.228. The van der Waals surface area contributed by atoms with E-state index >= 15 is 0 Å². The number of aliphatic hydroxyl groups excluding tert-OH is 1. The van der Waals surface area contributed by atoms with Gasteiger partial charge in [0.15, 0.2) is 11.5 Å². The van der Waals surface area contributed by atoms with Gasteiger partial charge in [-0.15, -0.1) is 0 Å². The van der Waals surface area contributed by atoms with E-state index in [9.17, 15) is 0 Å². The molecule has 108 valence electrons. The molecular weight excluding hydrogens is 242 g/mol. The molecule has 1 aromatic carbocycles. The second-order valence-electron chi connectivity index (χ2n) is 4.51. The van der Waals surface area contributed by atoms with Gasteiger partial charge in [-0.3, -0.25) is 0 Å². The number of nitrogens with one attached hydrogen (secondary N) is 1. The maximum absolute atomic E-state index is 8.75. The van der Waals surface area contributed by atoms with E-state index in [1.54, 1.807) is 7.11 Å².